The minimum absolute atomic E-state index is 0.0530. The average molecular weight is 492 g/mol. The van der Waals surface area contributed by atoms with Crippen LogP contribution in [0.2, 0.25) is 0 Å². The van der Waals surface area contributed by atoms with Gasteiger partial charge in [0.1, 0.15) is 10.1 Å². The molecule has 1 aliphatic heterocycles. The Hall–Kier alpha value is -2.90. The normalized spacial score (nSPS) is 14.9. The lowest BCUT2D eigenvalue weighted by atomic mass is 10.1. The number of unbranched alkanes of at least 4 members (excludes halogenated alkanes) is 3. The number of carbonyl (C=O) groups is 1. The lowest BCUT2D eigenvalue weighted by Crippen LogP contribution is -2.27. The molecule has 1 aromatic heterocycles. The molecule has 0 spiro atoms. The maximum absolute atomic E-state index is 12.8. The number of hydrogen-bond acceptors (Lipinski definition) is 5. The molecule has 0 radical (unpaired) electrons. The lowest BCUT2D eigenvalue weighted by Gasteiger charge is -2.09. The zero-order chi connectivity index (χ0) is 23.9. The van der Waals surface area contributed by atoms with E-state index in [0.717, 1.165) is 41.3 Å². The Morgan fingerprint density at radius 1 is 1.03 bits per heavy atom. The van der Waals surface area contributed by atoms with Crippen molar-refractivity contribution in [2.24, 2.45) is 0 Å². The van der Waals surface area contributed by atoms with E-state index >= 15 is 0 Å². The Bertz CT molecular complexity index is 1170. The summed E-state index contributed by atoms with van der Waals surface area (Å²) in [6.45, 7) is 5.43. The van der Waals surface area contributed by atoms with Crippen LogP contribution in [0.1, 0.15) is 45.1 Å². The SMILES string of the molecule is CCCCCCOc1ccc(-c2nn(-c3ccccc3)cc2/C=C2\SC(=S)N(CC)C2=O)cc1. The smallest absolute Gasteiger partial charge is 0.266 e. The average Bonchev–Trinajstić information content (AvgIpc) is 3.40. The number of hydrogen-bond donors (Lipinski definition) is 0. The first-order valence-corrected chi connectivity index (χ1v) is 13.0. The van der Waals surface area contributed by atoms with Crippen molar-refractivity contribution < 1.29 is 9.53 Å². The monoisotopic (exact) mass is 491 g/mol. The Balaban J connectivity index is 1.62. The molecule has 5 nitrogen and oxygen atoms in total. The van der Waals surface area contributed by atoms with Gasteiger partial charge in [-0.3, -0.25) is 9.69 Å². The fourth-order valence-electron chi connectivity index (χ4n) is 3.77. The van der Waals surface area contributed by atoms with Gasteiger partial charge in [0.05, 0.1) is 22.9 Å². The molecular weight excluding hydrogens is 462 g/mol. The van der Waals surface area contributed by atoms with Crippen LogP contribution in [0.5, 0.6) is 5.75 Å². The standard InChI is InChI=1S/C27H29N3O2S2/c1-3-5-6-10-17-32-23-15-13-20(14-16-23)25-21(18-24-26(31)29(4-2)27(33)34-24)19-30(28-25)22-11-8-7-9-12-22/h7-9,11-16,18-19H,3-6,10,17H2,1-2H3/b24-18-. The summed E-state index contributed by atoms with van der Waals surface area (Å²) >= 11 is 6.72. The first kappa shape index (κ1) is 24.2. The van der Waals surface area contributed by atoms with E-state index < -0.39 is 0 Å². The fraction of sp³-hybridized carbons (Fsp3) is 0.296. The highest BCUT2D eigenvalue weighted by Crippen LogP contribution is 2.35. The summed E-state index contributed by atoms with van der Waals surface area (Å²) in [6, 6.07) is 18.0. The topological polar surface area (TPSA) is 47.4 Å². The fourth-order valence-corrected chi connectivity index (χ4v) is 5.15. The molecule has 176 valence electrons. The molecule has 0 unspecified atom stereocenters. The van der Waals surface area contributed by atoms with E-state index in [9.17, 15) is 4.79 Å². The summed E-state index contributed by atoms with van der Waals surface area (Å²) in [5.41, 5.74) is 3.59. The van der Waals surface area contributed by atoms with Gasteiger partial charge in [-0.15, -0.1) is 0 Å². The van der Waals surface area contributed by atoms with Crippen LogP contribution in [-0.4, -0.2) is 38.1 Å². The van der Waals surface area contributed by atoms with E-state index in [0.29, 0.717) is 15.8 Å². The predicted molar refractivity (Wildman–Crippen MR) is 144 cm³/mol. The van der Waals surface area contributed by atoms with Crippen molar-refractivity contribution >= 4 is 40.3 Å². The molecule has 0 atom stereocenters. The van der Waals surface area contributed by atoms with Crippen molar-refractivity contribution in [2.75, 3.05) is 13.2 Å². The number of benzene rings is 2. The number of likely N-dealkylation sites (N-methyl/N-ethyl adjacent to an activating group) is 1. The predicted octanol–water partition coefficient (Wildman–Crippen LogP) is 6.72. The Morgan fingerprint density at radius 2 is 1.79 bits per heavy atom. The van der Waals surface area contributed by atoms with Gasteiger partial charge < -0.3 is 4.74 Å². The van der Waals surface area contributed by atoms with E-state index in [1.54, 1.807) is 4.90 Å². The third kappa shape index (κ3) is 5.59. The van der Waals surface area contributed by atoms with Crippen LogP contribution in [0.3, 0.4) is 0 Å². The molecule has 1 fully saturated rings. The molecule has 0 aliphatic carbocycles. The molecule has 0 saturated carbocycles. The summed E-state index contributed by atoms with van der Waals surface area (Å²) < 4.78 is 8.34. The highest BCUT2D eigenvalue weighted by molar-refractivity contribution is 8.26. The van der Waals surface area contributed by atoms with Crippen molar-refractivity contribution in [3.63, 3.8) is 0 Å². The van der Waals surface area contributed by atoms with Crippen LogP contribution in [0, 0.1) is 0 Å². The summed E-state index contributed by atoms with van der Waals surface area (Å²) in [5.74, 6) is 0.802. The van der Waals surface area contributed by atoms with Gasteiger partial charge in [0.2, 0.25) is 0 Å². The highest BCUT2D eigenvalue weighted by atomic mass is 32.2. The van der Waals surface area contributed by atoms with E-state index in [-0.39, 0.29) is 5.91 Å². The Kier molecular flexibility index (Phi) is 8.19. The van der Waals surface area contributed by atoms with Crippen molar-refractivity contribution in [2.45, 2.75) is 39.5 Å². The van der Waals surface area contributed by atoms with Crippen LogP contribution in [0.25, 0.3) is 23.0 Å². The molecule has 4 rings (SSSR count). The number of para-hydroxylation sites is 1. The first-order valence-electron chi connectivity index (χ1n) is 11.7. The second kappa shape index (κ2) is 11.5. The molecule has 1 amide bonds. The van der Waals surface area contributed by atoms with Crippen LogP contribution >= 0.6 is 24.0 Å². The van der Waals surface area contributed by atoms with Crippen molar-refractivity contribution in [3.05, 3.63) is 71.3 Å². The molecule has 1 saturated heterocycles. The number of aromatic nitrogens is 2. The van der Waals surface area contributed by atoms with Gasteiger partial charge in [-0.25, -0.2) is 4.68 Å². The molecule has 0 bridgehead atoms. The molecule has 7 heteroatoms. The summed E-state index contributed by atoms with van der Waals surface area (Å²) in [6.07, 6.45) is 8.58. The number of rotatable bonds is 10. The van der Waals surface area contributed by atoms with Crippen LogP contribution in [0.4, 0.5) is 0 Å². The third-order valence-corrected chi connectivity index (χ3v) is 7.01. The van der Waals surface area contributed by atoms with Crippen LogP contribution in [-0.2, 0) is 4.79 Å². The second-order valence-corrected chi connectivity index (χ2v) is 9.75. The molecule has 1 aliphatic rings. The number of amides is 1. The highest BCUT2D eigenvalue weighted by Gasteiger charge is 2.31. The molecule has 2 aromatic carbocycles. The van der Waals surface area contributed by atoms with Gasteiger partial charge in [-0.05, 0) is 55.8 Å². The third-order valence-electron chi connectivity index (χ3n) is 5.63. The van der Waals surface area contributed by atoms with Gasteiger partial charge in [0.25, 0.3) is 5.91 Å². The van der Waals surface area contributed by atoms with Gasteiger partial charge >= 0.3 is 0 Å². The van der Waals surface area contributed by atoms with E-state index in [2.05, 4.69) is 6.92 Å². The summed E-state index contributed by atoms with van der Waals surface area (Å²) in [5, 5.41) is 4.87. The molecular formula is C27H29N3O2S2. The largest absolute Gasteiger partial charge is 0.494 e. The maximum atomic E-state index is 12.8. The quantitative estimate of drug-likeness (QED) is 0.179. The zero-order valence-electron chi connectivity index (χ0n) is 19.6. The molecule has 34 heavy (non-hydrogen) atoms. The van der Waals surface area contributed by atoms with Gasteiger partial charge in [0.15, 0.2) is 0 Å². The van der Waals surface area contributed by atoms with Crippen molar-refractivity contribution in [3.8, 4) is 22.7 Å². The number of carbonyl (C=O) groups excluding carboxylic acids is 1. The second-order valence-electron chi connectivity index (χ2n) is 8.07. The number of thioether (sulfide) groups is 1. The molecule has 2 heterocycles. The first-order chi connectivity index (χ1) is 16.6. The van der Waals surface area contributed by atoms with Gasteiger partial charge in [0, 0.05) is 23.9 Å². The lowest BCUT2D eigenvalue weighted by molar-refractivity contribution is -0.121. The molecule has 0 N–H and O–H groups in total. The summed E-state index contributed by atoms with van der Waals surface area (Å²) in [4.78, 5) is 15.0. The van der Waals surface area contributed by atoms with Gasteiger partial charge in [-0.2, -0.15) is 5.10 Å². The van der Waals surface area contributed by atoms with Crippen molar-refractivity contribution in [1.82, 2.24) is 14.7 Å². The molecule has 3 aromatic rings. The zero-order valence-corrected chi connectivity index (χ0v) is 21.2. The van der Waals surface area contributed by atoms with Crippen LogP contribution in [0.15, 0.2) is 65.7 Å². The maximum Gasteiger partial charge on any atom is 0.266 e. The van der Waals surface area contributed by atoms with Gasteiger partial charge in [-0.1, -0.05) is 68.4 Å². The van der Waals surface area contributed by atoms with E-state index in [4.69, 9.17) is 22.1 Å². The Labute approximate surface area is 210 Å². The number of nitrogens with zero attached hydrogens (tertiary/aromatic N) is 3. The number of ether oxygens (including phenoxy) is 1. The Morgan fingerprint density at radius 3 is 2.47 bits per heavy atom. The van der Waals surface area contributed by atoms with Crippen molar-refractivity contribution in [1.29, 1.82) is 0 Å². The minimum Gasteiger partial charge on any atom is -0.494 e. The summed E-state index contributed by atoms with van der Waals surface area (Å²) in [7, 11) is 0. The van der Waals surface area contributed by atoms with E-state index in [1.165, 1.54) is 31.0 Å². The van der Waals surface area contributed by atoms with Crippen LogP contribution < -0.4 is 4.74 Å². The van der Waals surface area contributed by atoms with E-state index in [1.807, 2.05) is 78.5 Å². The minimum atomic E-state index is -0.0530. The number of thiocarbonyl (C=S) groups is 1.